The quantitative estimate of drug-likeness (QED) is 0.391. The molecule has 0 radical (unpaired) electrons. The zero-order valence-electron chi connectivity index (χ0n) is 21.1. The second kappa shape index (κ2) is 12.5. The summed E-state index contributed by atoms with van der Waals surface area (Å²) in [5, 5.41) is 24.6. The van der Waals surface area contributed by atoms with Crippen LogP contribution >= 0.6 is 23.1 Å². The Morgan fingerprint density at radius 3 is 2.61 bits per heavy atom. The van der Waals surface area contributed by atoms with Crippen molar-refractivity contribution >= 4 is 35.1 Å². The maximum absolute atomic E-state index is 12.8. The zero-order valence-corrected chi connectivity index (χ0v) is 22.8. The van der Waals surface area contributed by atoms with Gasteiger partial charge in [-0.2, -0.15) is 0 Å². The molecule has 5 nitrogen and oxygen atoms in total. The van der Waals surface area contributed by atoms with Crippen LogP contribution in [0.15, 0.2) is 22.6 Å². The molecule has 0 saturated carbocycles. The van der Waals surface area contributed by atoms with Crippen LogP contribution in [0.5, 0.6) is 0 Å². The lowest BCUT2D eigenvalue weighted by Crippen LogP contribution is -2.40. The summed E-state index contributed by atoms with van der Waals surface area (Å²) in [6.45, 7) is 14.0. The second-order valence-corrected chi connectivity index (χ2v) is 13.0. The van der Waals surface area contributed by atoms with Gasteiger partial charge in [0.1, 0.15) is 6.10 Å². The van der Waals surface area contributed by atoms with Crippen molar-refractivity contribution in [3.63, 3.8) is 0 Å². The van der Waals surface area contributed by atoms with Crippen LogP contribution in [0.1, 0.15) is 84.3 Å². The van der Waals surface area contributed by atoms with E-state index >= 15 is 0 Å². The van der Waals surface area contributed by atoms with Gasteiger partial charge in [-0.15, -0.1) is 23.1 Å². The van der Waals surface area contributed by atoms with Crippen molar-refractivity contribution in [3.05, 3.63) is 33.3 Å². The van der Waals surface area contributed by atoms with Gasteiger partial charge in [-0.3, -0.25) is 4.79 Å². The Balaban J connectivity index is 2.27. The average Bonchev–Trinajstić information content (AvgIpc) is 3.13. The summed E-state index contributed by atoms with van der Waals surface area (Å²) < 4.78 is 5.28. The average molecular weight is 496 g/mol. The molecule has 1 aromatic rings. The molecule has 0 aromatic carbocycles. The van der Waals surface area contributed by atoms with E-state index in [0.29, 0.717) is 6.42 Å². The number of allylic oxidation sites excluding steroid dienone is 1. The van der Waals surface area contributed by atoms with Gasteiger partial charge < -0.3 is 14.9 Å². The molecule has 33 heavy (non-hydrogen) atoms. The molecule has 5 atom stereocenters. The molecule has 2 heterocycles. The number of hydrogen-bond donors (Lipinski definition) is 2. The van der Waals surface area contributed by atoms with E-state index in [4.69, 9.17) is 4.74 Å². The van der Waals surface area contributed by atoms with Crippen LogP contribution in [0, 0.1) is 12.8 Å². The zero-order chi connectivity index (χ0) is 24.8. The van der Waals surface area contributed by atoms with E-state index in [1.54, 1.807) is 11.3 Å². The van der Waals surface area contributed by atoms with Gasteiger partial charge in [0.05, 0.1) is 29.3 Å². The summed E-state index contributed by atoms with van der Waals surface area (Å²) in [5.74, 6) is -0.242. The van der Waals surface area contributed by atoms with Crippen molar-refractivity contribution in [1.29, 1.82) is 0 Å². The molecule has 186 valence electrons. The standard InChI is InChI=1S/C26H41NO4S2/c1-16-9-8-10-17(2)25(30)19(4)33-26(6,7)23(28)14-24(29)31-22(12-11-16)18(3)13-21-15-32-20(5)27-21/h11,13,15,17,19,22-23,25,28,30H,8-10,12,14H2,1-7H3/b16-11-,18-13+/t17?,19?,22-,23?,25?/m0/s1. The lowest BCUT2D eigenvalue weighted by atomic mass is 9.94. The molecule has 0 amide bonds. The molecule has 0 spiro atoms. The molecule has 0 fully saturated rings. The molecule has 2 N–H and O–H groups in total. The van der Waals surface area contributed by atoms with E-state index in [9.17, 15) is 15.0 Å². The third-order valence-electron chi connectivity index (χ3n) is 6.42. The van der Waals surface area contributed by atoms with Crippen LogP contribution in [0.2, 0.25) is 0 Å². The number of ether oxygens (including phenoxy) is 1. The molecule has 2 rings (SSSR count). The van der Waals surface area contributed by atoms with Gasteiger partial charge in [0.15, 0.2) is 0 Å². The van der Waals surface area contributed by atoms with Gasteiger partial charge in [0.25, 0.3) is 0 Å². The van der Waals surface area contributed by atoms with Crippen molar-refractivity contribution in [3.8, 4) is 0 Å². The second-order valence-electron chi connectivity index (χ2n) is 9.95. The minimum Gasteiger partial charge on any atom is -0.457 e. The fraction of sp³-hybridized carbons (Fsp3) is 0.692. The van der Waals surface area contributed by atoms with Crippen molar-refractivity contribution in [1.82, 2.24) is 4.98 Å². The molecule has 1 aliphatic heterocycles. The van der Waals surface area contributed by atoms with E-state index in [0.717, 1.165) is 35.5 Å². The molecule has 0 aliphatic carbocycles. The van der Waals surface area contributed by atoms with E-state index < -0.39 is 29.0 Å². The molecular formula is C26H41NO4S2. The number of aliphatic hydroxyl groups excluding tert-OH is 2. The molecule has 1 aliphatic rings. The number of aliphatic hydroxyl groups is 2. The molecule has 0 saturated heterocycles. The number of nitrogens with zero attached hydrogens (tertiary/aromatic N) is 1. The number of aromatic nitrogens is 1. The fourth-order valence-corrected chi connectivity index (χ4v) is 6.26. The monoisotopic (exact) mass is 495 g/mol. The summed E-state index contributed by atoms with van der Waals surface area (Å²) in [7, 11) is 0. The van der Waals surface area contributed by atoms with Gasteiger partial charge >= 0.3 is 5.97 Å². The Bertz CT molecular complexity index is 845. The van der Waals surface area contributed by atoms with Gasteiger partial charge in [-0.25, -0.2) is 4.98 Å². The summed E-state index contributed by atoms with van der Waals surface area (Å²) in [5.41, 5.74) is 3.07. The Kier molecular flexibility index (Phi) is 10.7. The number of esters is 1. The van der Waals surface area contributed by atoms with Gasteiger partial charge in [-0.05, 0) is 71.4 Å². The highest BCUT2D eigenvalue weighted by atomic mass is 32.2. The van der Waals surface area contributed by atoms with Crippen molar-refractivity contribution in [2.75, 3.05) is 0 Å². The van der Waals surface area contributed by atoms with E-state index in [1.807, 2.05) is 46.1 Å². The Morgan fingerprint density at radius 1 is 1.27 bits per heavy atom. The van der Waals surface area contributed by atoms with Crippen molar-refractivity contribution < 1.29 is 19.7 Å². The normalized spacial score (nSPS) is 32.6. The number of cyclic esters (lactones) is 1. The van der Waals surface area contributed by atoms with E-state index in [2.05, 4.69) is 24.9 Å². The third kappa shape index (κ3) is 8.85. The number of carbonyl (C=O) groups excluding carboxylic acids is 1. The lowest BCUT2D eigenvalue weighted by Gasteiger charge is -2.35. The highest BCUT2D eigenvalue weighted by Gasteiger charge is 2.35. The Labute approximate surface area is 207 Å². The summed E-state index contributed by atoms with van der Waals surface area (Å²) in [6.07, 6.45) is 5.79. The van der Waals surface area contributed by atoms with Gasteiger partial charge in [-0.1, -0.05) is 25.5 Å². The minimum atomic E-state index is -0.878. The SMILES string of the molecule is C/C1=C/C[C@@H](/C(C)=C/c2csc(C)n2)OC(=O)CC(O)C(C)(C)SC(C)C(O)C(C)CCC1. The largest absolute Gasteiger partial charge is 0.457 e. The first-order valence-electron chi connectivity index (χ1n) is 11.9. The highest BCUT2D eigenvalue weighted by Crippen LogP contribution is 2.37. The summed E-state index contributed by atoms with van der Waals surface area (Å²) in [6, 6.07) is 0. The molecule has 0 bridgehead atoms. The van der Waals surface area contributed by atoms with Crippen LogP contribution in [-0.2, 0) is 9.53 Å². The number of thiazole rings is 1. The minimum absolute atomic E-state index is 0.0512. The fourth-order valence-electron chi connectivity index (χ4n) is 4.08. The summed E-state index contributed by atoms with van der Waals surface area (Å²) in [4.78, 5) is 17.3. The molecule has 4 unspecified atom stereocenters. The lowest BCUT2D eigenvalue weighted by molar-refractivity contribution is -0.149. The van der Waals surface area contributed by atoms with E-state index in [-0.39, 0.29) is 17.6 Å². The first-order chi connectivity index (χ1) is 15.4. The van der Waals surface area contributed by atoms with Crippen molar-refractivity contribution in [2.24, 2.45) is 5.92 Å². The summed E-state index contributed by atoms with van der Waals surface area (Å²) >= 11 is 3.13. The Morgan fingerprint density at radius 2 is 1.97 bits per heavy atom. The first kappa shape index (κ1) is 28.1. The molecule has 7 heteroatoms. The third-order valence-corrected chi connectivity index (χ3v) is 8.74. The van der Waals surface area contributed by atoms with Gasteiger partial charge in [0, 0.05) is 21.8 Å². The number of rotatable bonds is 2. The van der Waals surface area contributed by atoms with Gasteiger partial charge in [0.2, 0.25) is 0 Å². The van der Waals surface area contributed by atoms with Crippen LogP contribution in [0.3, 0.4) is 0 Å². The first-order valence-corrected chi connectivity index (χ1v) is 13.6. The number of aryl methyl sites for hydroxylation is 1. The molecule has 1 aromatic heterocycles. The number of carbonyl (C=O) groups is 1. The topological polar surface area (TPSA) is 79.7 Å². The van der Waals surface area contributed by atoms with Crippen LogP contribution in [0.4, 0.5) is 0 Å². The maximum atomic E-state index is 12.8. The number of hydrogen-bond acceptors (Lipinski definition) is 7. The smallest absolute Gasteiger partial charge is 0.309 e. The van der Waals surface area contributed by atoms with Crippen LogP contribution in [0.25, 0.3) is 6.08 Å². The van der Waals surface area contributed by atoms with Crippen molar-refractivity contribution in [2.45, 2.75) is 109 Å². The Hall–Kier alpha value is -1.15. The van der Waals surface area contributed by atoms with Crippen LogP contribution in [-0.4, -0.2) is 49.5 Å². The van der Waals surface area contributed by atoms with E-state index in [1.165, 1.54) is 17.3 Å². The highest BCUT2D eigenvalue weighted by molar-refractivity contribution is 8.01. The maximum Gasteiger partial charge on any atom is 0.309 e. The number of thioether (sulfide) groups is 1. The predicted octanol–water partition coefficient (Wildman–Crippen LogP) is 5.94. The predicted molar refractivity (Wildman–Crippen MR) is 140 cm³/mol. The van der Waals surface area contributed by atoms with Crippen LogP contribution < -0.4 is 0 Å². The molecular weight excluding hydrogens is 454 g/mol.